The summed E-state index contributed by atoms with van der Waals surface area (Å²) in [5.41, 5.74) is 1.40. The highest BCUT2D eigenvalue weighted by atomic mass is 16.6. The third-order valence-electron chi connectivity index (χ3n) is 3.62. The Bertz CT molecular complexity index is 631. The fourth-order valence-corrected chi connectivity index (χ4v) is 2.59. The van der Waals surface area contributed by atoms with Crippen molar-refractivity contribution in [1.82, 2.24) is 20.0 Å². The van der Waals surface area contributed by atoms with Crippen LogP contribution in [0.2, 0.25) is 0 Å². The monoisotopic (exact) mass is 338 g/mol. The summed E-state index contributed by atoms with van der Waals surface area (Å²) >= 11 is 0. The number of hydrogen-bond donors (Lipinski definition) is 2. The molecular weight excluding hydrogens is 312 g/mol. The molecular formula is C16H26N4O4. The minimum atomic E-state index is -0.628. The number of amides is 2. The summed E-state index contributed by atoms with van der Waals surface area (Å²) in [5, 5.41) is 16.4. The molecule has 8 heteroatoms. The lowest BCUT2D eigenvalue weighted by molar-refractivity contribution is 0.0222. The van der Waals surface area contributed by atoms with E-state index in [0.717, 1.165) is 11.3 Å². The van der Waals surface area contributed by atoms with Gasteiger partial charge in [0.2, 0.25) is 0 Å². The van der Waals surface area contributed by atoms with Gasteiger partial charge in [-0.2, -0.15) is 5.10 Å². The van der Waals surface area contributed by atoms with E-state index in [9.17, 15) is 14.7 Å². The van der Waals surface area contributed by atoms with Crippen LogP contribution in [0.25, 0.3) is 0 Å². The lowest BCUT2D eigenvalue weighted by Crippen LogP contribution is -2.40. The van der Waals surface area contributed by atoms with Gasteiger partial charge in [-0.25, -0.2) is 4.79 Å². The van der Waals surface area contributed by atoms with Crippen molar-refractivity contribution in [3.05, 3.63) is 17.0 Å². The van der Waals surface area contributed by atoms with Gasteiger partial charge < -0.3 is 20.1 Å². The van der Waals surface area contributed by atoms with E-state index < -0.39 is 17.8 Å². The Kier molecular flexibility index (Phi) is 5.17. The van der Waals surface area contributed by atoms with Crippen molar-refractivity contribution < 1.29 is 19.4 Å². The van der Waals surface area contributed by atoms with Crippen LogP contribution in [-0.2, 0) is 24.8 Å². The molecule has 1 unspecified atom stereocenters. The number of ether oxygens (including phenoxy) is 1. The van der Waals surface area contributed by atoms with Gasteiger partial charge in [0.25, 0.3) is 5.91 Å². The van der Waals surface area contributed by atoms with Crippen molar-refractivity contribution in [2.75, 3.05) is 13.1 Å². The van der Waals surface area contributed by atoms with Crippen LogP contribution in [-0.4, -0.2) is 56.6 Å². The quantitative estimate of drug-likeness (QED) is 0.851. The summed E-state index contributed by atoms with van der Waals surface area (Å²) in [7, 11) is 1.70. The molecule has 2 amide bonds. The maximum Gasteiger partial charge on any atom is 0.410 e. The summed E-state index contributed by atoms with van der Waals surface area (Å²) in [4.78, 5) is 26.2. The smallest absolute Gasteiger partial charge is 0.410 e. The van der Waals surface area contributed by atoms with Gasteiger partial charge in [-0.15, -0.1) is 0 Å². The number of hydrogen-bond acceptors (Lipinski definition) is 5. The first-order chi connectivity index (χ1) is 11.1. The van der Waals surface area contributed by atoms with Gasteiger partial charge in [-0.3, -0.25) is 9.48 Å². The predicted molar refractivity (Wildman–Crippen MR) is 87.6 cm³/mol. The average molecular weight is 338 g/mol. The van der Waals surface area contributed by atoms with Gasteiger partial charge in [-0.05, 0) is 27.7 Å². The Morgan fingerprint density at radius 1 is 1.42 bits per heavy atom. The Hall–Kier alpha value is -2.09. The summed E-state index contributed by atoms with van der Waals surface area (Å²) in [6.07, 6.45) is -0.449. The van der Waals surface area contributed by atoms with Gasteiger partial charge in [0.1, 0.15) is 11.3 Å². The van der Waals surface area contributed by atoms with Crippen molar-refractivity contribution >= 4 is 12.0 Å². The molecule has 24 heavy (non-hydrogen) atoms. The Balaban J connectivity index is 2.18. The summed E-state index contributed by atoms with van der Waals surface area (Å²) < 4.78 is 6.93. The number of fused-ring (bicyclic) bond motifs is 1. The minimum Gasteiger partial charge on any atom is -0.444 e. The number of carbonyl (C=O) groups is 2. The second-order valence-corrected chi connectivity index (χ2v) is 7.11. The van der Waals surface area contributed by atoms with E-state index in [0.29, 0.717) is 18.7 Å². The molecule has 1 aromatic heterocycles. The number of aliphatic hydroxyl groups excluding tert-OH is 1. The van der Waals surface area contributed by atoms with Crippen molar-refractivity contribution in [2.45, 2.75) is 52.4 Å². The van der Waals surface area contributed by atoms with Crippen molar-refractivity contribution in [2.24, 2.45) is 7.05 Å². The van der Waals surface area contributed by atoms with Gasteiger partial charge in [0.05, 0.1) is 18.3 Å². The molecule has 1 aromatic rings. The third-order valence-corrected chi connectivity index (χ3v) is 3.62. The molecule has 0 bridgehead atoms. The third kappa shape index (κ3) is 4.25. The Morgan fingerprint density at radius 3 is 2.67 bits per heavy atom. The molecule has 8 nitrogen and oxygen atoms in total. The molecule has 0 aromatic carbocycles. The first-order valence-electron chi connectivity index (χ1n) is 8.07. The maximum atomic E-state index is 12.4. The van der Waals surface area contributed by atoms with Crippen LogP contribution in [0, 0.1) is 0 Å². The average Bonchev–Trinajstić information content (AvgIpc) is 2.77. The molecule has 0 spiro atoms. The van der Waals surface area contributed by atoms with Crippen molar-refractivity contribution in [3.8, 4) is 0 Å². The molecule has 134 valence electrons. The largest absolute Gasteiger partial charge is 0.444 e. The minimum absolute atomic E-state index is 0.161. The lowest BCUT2D eigenvalue weighted by atomic mass is 10.1. The zero-order valence-electron chi connectivity index (χ0n) is 14.9. The maximum absolute atomic E-state index is 12.4. The predicted octanol–water partition coefficient (Wildman–Crippen LogP) is 0.824. The second-order valence-electron chi connectivity index (χ2n) is 7.11. The number of aromatic nitrogens is 2. The number of carbonyl (C=O) groups excluding carboxylic acids is 2. The Labute approximate surface area is 141 Å². The van der Waals surface area contributed by atoms with Crippen LogP contribution in [0.3, 0.4) is 0 Å². The Morgan fingerprint density at radius 2 is 2.08 bits per heavy atom. The molecule has 0 saturated carbocycles. The highest BCUT2D eigenvalue weighted by molar-refractivity contribution is 5.94. The highest BCUT2D eigenvalue weighted by Gasteiger charge is 2.31. The zero-order valence-corrected chi connectivity index (χ0v) is 14.9. The van der Waals surface area contributed by atoms with Gasteiger partial charge >= 0.3 is 6.09 Å². The highest BCUT2D eigenvalue weighted by Crippen LogP contribution is 2.23. The van der Waals surface area contributed by atoms with E-state index in [1.54, 1.807) is 18.9 Å². The van der Waals surface area contributed by atoms with Crippen LogP contribution in [0.5, 0.6) is 0 Å². The lowest BCUT2D eigenvalue weighted by Gasteiger charge is -2.29. The first-order valence-corrected chi connectivity index (χ1v) is 8.07. The molecule has 1 atom stereocenters. The number of nitrogens with one attached hydrogen (secondary N) is 1. The fourth-order valence-electron chi connectivity index (χ4n) is 2.59. The summed E-state index contributed by atoms with van der Waals surface area (Å²) in [6.45, 7) is 8.01. The number of aliphatic hydroxyl groups is 1. The standard InChI is InChI=1S/C16H26N4O4/c1-10(21)8-17-14(22)13-11-9-20(15(23)24-16(2,3)4)7-6-12(11)18-19(13)5/h10,21H,6-9H2,1-5H3,(H,17,22). The summed E-state index contributed by atoms with van der Waals surface area (Å²) in [6, 6.07) is 0. The molecule has 0 aliphatic carbocycles. The number of aryl methyl sites for hydroxylation is 1. The van der Waals surface area contributed by atoms with Gasteiger partial charge in [-0.1, -0.05) is 0 Å². The SMILES string of the molecule is CC(O)CNC(=O)c1c2c(nn1C)CCN(C(=O)OC(C)(C)C)C2. The van der Waals surface area contributed by atoms with E-state index in [4.69, 9.17) is 4.74 Å². The van der Waals surface area contributed by atoms with E-state index in [1.807, 2.05) is 20.8 Å². The molecule has 0 saturated heterocycles. The normalized spacial score (nSPS) is 15.7. The van der Waals surface area contributed by atoms with E-state index in [1.165, 1.54) is 4.68 Å². The second kappa shape index (κ2) is 6.80. The van der Waals surface area contributed by atoms with Crippen LogP contribution >= 0.6 is 0 Å². The molecule has 1 aliphatic rings. The van der Waals surface area contributed by atoms with Crippen molar-refractivity contribution in [3.63, 3.8) is 0 Å². The molecule has 2 rings (SSSR count). The number of nitrogens with zero attached hydrogens (tertiary/aromatic N) is 3. The van der Waals surface area contributed by atoms with Crippen molar-refractivity contribution in [1.29, 1.82) is 0 Å². The van der Waals surface area contributed by atoms with Crippen LogP contribution < -0.4 is 5.32 Å². The fraction of sp³-hybridized carbons (Fsp3) is 0.688. The van der Waals surface area contributed by atoms with Gasteiger partial charge in [0.15, 0.2) is 0 Å². The van der Waals surface area contributed by atoms with E-state index >= 15 is 0 Å². The summed E-state index contributed by atoms with van der Waals surface area (Å²) in [5.74, 6) is -0.307. The van der Waals surface area contributed by atoms with Gasteiger partial charge in [0, 0.05) is 32.1 Å². The molecule has 2 heterocycles. The molecule has 0 fully saturated rings. The number of rotatable bonds is 3. The van der Waals surface area contributed by atoms with Crippen LogP contribution in [0.4, 0.5) is 4.79 Å². The topological polar surface area (TPSA) is 96.7 Å². The first kappa shape index (κ1) is 18.3. The van der Waals surface area contributed by atoms with Crippen LogP contribution in [0.1, 0.15) is 49.4 Å². The zero-order chi connectivity index (χ0) is 18.1. The molecule has 2 N–H and O–H groups in total. The van der Waals surface area contributed by atoms with Crippen LogP contribution in [0.15, 0.2) is 0 Å². The molecule has 0 radical (unpaired) electrons. The van der Waals surface area contributed by atoms with E-state index in [2.05, 4.69) is 10.4 Å². The van der Waals surface area contributed by atoms with E-state index in [-0.39, 0.29) is 19.0 Å². The molecule has 1 aliphatic heterocycles.